The summed E-state index contributed by atoms with van der Waals surface area (Å²) in [5.74, 6) is 0. The third-order valence-electron chi connectivity index (χ3n) is 10.9. The van der Waals surface area contributed by atoms with Crippen LogP contribution in [0.1, 0.15) is 17.8 Å². The third-order valence-corrected chi connectivity index (χ3v) is 10.9. The maximum Gasteiger partial charge on any atom is 0.0645 e. The Labute approximate surface area is 347 Å². The van der Waals surface area contributed by atoms with Crippen molar-refractivity contribution >= 4 is 65.4 Å². The molecule has 0 aliphatic rings. The summed E-state index contributed by atoms with van der Waals surface area (Å²) in [5.41, 5.74) is 4.94. The van der Waals surface area contributed by atoms with Gasteiger partial charge in [0.2, 0.25) is 0 Å². The van der Waals surface area contributed by atoms with E-state index in [0.717, 1.165) is 65.8 Å². The third kappa shape index (κ3) is 4.79. The van der Waals surface area contributed by atoms with E-state index in [4.69, 9.17) is 12.3 Å². The van der Waals surface area contributed by atoms with Gasteiger partial charge in [0.15, 0.2) is 0 Å². The highest BCUT2D eigenvalue weighted by molar-refractivity contribution is 6.17. The molecular weight excluding hydrogens is 691 g/mol. The molecule has 3 aromatic heterocycles. The van der Waals surface area contributed by atoms with Crippen LogP contribution in [0.2, 0.25) is 0 Å². The highest BCUT2D eigenvalue weighted by Gasteiger charge is 2.20. The molecule has 0 bridgehead atoms. The van der Waals surface area contributed by atoms with E-state index in [1.165, 1.54) is 0 Å². The van der Waals surface area contributed by atoms with Crippen molar-refractivity contribution < 1.29 is 17.8 Å². The van der Waals surface area contributed by atoms with Gasteiger partial charge in [0, 0.05) is 43.7 Å². The van der Waals surface area contributed by atoms with E-state index < -0.39 is 101 Å². The molecule has 12 rings (SSSR count). The topological polar surface area (TPSA) is 14.8 Å². The standard InChI is InChI=1S/C54H35N3/c1-2-13-36(14-3-1)37-25-27-38(28-26-37)39-29-31-40(32-30-39)55-50-22-11-7-18-45(50)54-52(55)23-12-24-53(54)57-49-21-10-6-17-44(49)46-35-41(33-34-51(46)57)56-47-19-8-4-15-42(47)43-16-5-9-20-48(43)56/h1-35H/i1D,2D,3D,13D,14D,25D,26D,27D,28D,29D,30D,31D,32D. The lowest BCUT2D eigenvalue weighted by atomic mass is 10.0. The first-order valence-corrected chi connectivity index (χ1v) is 18.6. The zero-order valence-corrected chi connectivity index (χ0v) is 30.0. The average molecular weight is 739 g/mol. The molecule has 0 fully saturated rings. The van der Waals surface area contributed by atoms with Crippen LogP contribution in [0.5, 0.6) is 0 Å². The maximum absolute atomic E-state index is 9.54. The van der Waals surface area contributed by atoms with Gasteiger partial charge >= 0.3 is 0 Å². The number of para-hydroxylation sites is 4. The second kappa shape index (κ2) is 12.5. The summed E-state index contributed by atoms with van der Waals surface area (Å²) in [6.45, 7) is 0. The van der Waals surface area contributed by atoms with Gasteiger partial charge in [-0.05, 0) is 88.9 Å². The molecule has 0 aliphatic heterocycles. The normalized spacial score (nSPS) is 15.1. The van der Waals surface area contributed by atoms with Gasteiger partial charge in [0.25, 0.3) is 0 Å². The van der Waals surface area contributed by atoms with Gasteiger partial charge in [-0.1, -0.05) is 145 Å². The van der Waals surface area contributed by atoms with Crippen molar-refractivity contribution in [3.05, 3.63) is 212 Å². The SMILES string of the molecule is [2H]c1c([2H])c([2H])c(-c2c([2H])c([2H])c(-c3c([2H])c([2H])c(-n4c5ccccc5c5c(-n6c7ccccc7c7cc(-n8c9ccccc9c9ccccc98)ccc76)cccc54)c([2H])c3[2H])c([2H])c2[2H])c([2H])c1[2H]. The van der Waals surface area contributed by atoms with Crippen LogP contribution < -0.4 is 0 Å². The lowest BCUT2D eigenvalue weighted by Gasteiger charge is -2.13. The Bertz CT molecular complexity index is 4160. The summed E-state index contributed by atoms with van der Waals surface area (Å²) >= 11 is 0. The first kappa shape index (κ1) is 21.5. The van der Waals surface area contributed by atoms with Crippen LogP contribution in [0.25, 0.3) is 105 Å². The Morgan fingerprint density at radius 1 is 0.298 bits per heavy atom. The van der Waals surface area contributed by atoms with Crippen molar-refractivity contribution in [3.63, 3.8) is 0 Å². The van der Waals surface area contributed by atoms with Crippen LogP contribution in [-0.2, 0) is 0 Å². The second-order valence-electron chi connectivity index (χ2n) is 13.9. The van der Waals surface area contributed by atoms with E-state index in [1.54, 1.807) is 4.57 Å². The summed E-state index contributed by atoms with van der Waals surface area (Å²) in [5, 5.41) is 5.96. The van der Waals surface area contributed by atoms with Crippen LogP contribution in [0, 0.1) is 0 Å². The maximum atomic E-state index is 9.54. The van der Waals surface area contributed by atoms with E-state index in [-0.39, 0.29) is 5.69 Å². The monoisotopic (exact) mass is 738 g/mol. The fourth-order valence-electron chi connectivity index (χ4n) is 8.47. The highest BCUT2D eigenvalue weighted by atomic mass is 15.0. The predicted octanol–water partition coefficient (Wildman–Crippen LogP) is 14.3. The molecular formula is C54H35N3. The molecule has 0 aliphatic carbocycles. The van der Waals surface area contributed by atoms with Crippen LogP contribution >= 0.6 is 0 Å². The predicted molar refractivity (Wildman–Crippen MR) is 240 cm³/mol. The summed E-state index contributed by atoms with van der Waals surface area (Å²) in [6, 6.07) is 36.0. The Kier molecular flexibility index (Phi) is 4.69. The van der Waals surface area contributed by atoms with Crippen LogP contribution in [0.3, 0.4) is 0 Å². The zero-order valence-electron chi connectivity index (χ0n) is 43.0. The fourth-order valence-corrected chi connectivity index (χ4v) is 8.47. The zero-order chi connectivity index (χ0) is 48.8. The minimum Gasteiger partial charge on any atom is -0.309 e. The molecule has 0 atom stereocenters. The van der Waals surface area contributed by atoms with Crippen molar-refractivity contribution in [2.24, 2.45) is 0 Å². The van der Waals surface area contributed by atoms with E-state index in [9.17, 15) is 5.48 Å². The fraction of sp³-hybridized carbons (Fsp3) is 0. The molecule has 3 nitrogen and oxygen atoms in total. The van der Waals surface area contributed by atoms with Crippen LogP contribution in [-0.4, -0.2) is 13.7 Å². The smallest absolute Gasteiger partial charge is 0.0645 e. The molecule has 0 saturated carbocycles. The van der Waals surface area contributed by atoms with E-state index in [0.29, 0.717) is 11.0 Å². The summed E-state index contributed by atoms with van der Waals surface area (Å²) in [4.78, 5) is 0. The lowest BCUT2D eigenvalue weighted by Crippen LogP contribution is -1.97. The molecule has 0 spiro atoms. The molecule has 12 aromatic rings. The van der Waals surface area contributed by atoms with Gasteiger partial charge < -0.3 is 13.7 Å². The van der Waals surface area contributed by atoms with Crippen molar-refractivity contribution in [1.29, 1.82) is 0 Å². The quantitative estimate of drug-likeness (QED) is 0.167. The molecule has 0 N–H and O–H groups in total. The van der Waals surface area contributed by atoms with Crippen LogP contribution in [0.4, 0.5) is 0 Å². The van der Waals surface area contributed by atoms with Gasteiger partial charge in [-0.2, -0.15) is 0 Å². The highest BCUT2D eigenvalue weighted by Crippen LogP contribution is 2.41. The molecule has 0 unspecified atom stereocenters. The molecule has 0 amide bonds. The van der Waals surface area contributed by atoms with E-state index in [2.05, 4.69) is 88.0 Å². The van der Waals surface area contributed by atoms with Crippen molar-refractivity contribution in [2.75, 3.05) is 0 Å². The summed E-state index contributed by atoms with van der Waals surface area (Å²) in [6.07, 6.45) is 0. The number of hydrogen-bond acceptors (Lipinski definition) is 0. The number of hydrogen-bond donors (Lipinski definition) is 0. The molecule has 57 heavy (non-hydrogen) atoms. The molecule has 9 aromatic carbocycles. The Balaban J connectivity index is 1.07. The molecule has 0 saturated heterocycles. The molecule has 3 heterocycles. The van der Waals surface area contributed by atoms with Gasteiger partial charge in [-0.25, -0.2) is 0 Å². The van der Waals surface area contributed by atoms with Crippen molar-refractivity contribution in [2.45, 2.75) is 0 Å². The van der Waals surface area contributed by atoms with E-state index in [1.807, 2.05) is 54.6 Å². The van der Waals surface area contributed by atoms with Gasteiger partial charge in [0.05, 0.1) is 56.6 Å². The Morgan fingerprint density at radius 3 is 1.35 bits per heavy atom. The van der Waals surface area contributed by atoms with Gasteiger partial charge in [0.1, 0.15) is 0 Å². The van der Waals surface area contributed by atoms with Crippen molar-refractivity contribution in [1.82, 2.24) is 13.7 Å². The number of fused-ring (bicyclic) bond motifs is 9. The van der Waals surface area contributed by atoms with Gasteiger partial charge in [-0.15, -0.1) is 0 Å². The minimum absolute atomic E-state index is 0.0915. The van der Waals surface area contributed by atoms with Crippen LogP contribution in [0.15, 0.2) is 212 Å². The first-order chi connectivity index (χ1) is 33.7. The summed E-state index contributed by atoms with van der Waals surface area (Å²) in [7, 11) is 0. The largest absolute Gasteiger partial charge is 0.309 e. The van der Waals surface area contributed by atoms with E-state index >= 15 is 0 Å². The second-order valence-corrected chi connectivity index (χ2v) is 13.9. The Morgan fingerprint density at radius 2 is 0.737 bits per heavy atom. The number of rotatable bonds is 5. The lowest BCUT2D eigenvalue weighted by molar-refractivity contribution is 1.16. The average Bonchev–Trinajstić information content (AvgIpc) is 4.02. The number of benzene rings is 9. The van der Waals surface area contributed by atoms with Crippen molar-refractivity contribution in [3.8, 4) is 39.3 Å². The first-order valence-electron chi connectivity index (χ1n) is 25.1. The van der Waals surface area contributed by atoms with Gasteiger partial charge in [-0.3, -0.25) is 0 Å². The molecule has 3 heteroatoms. The number of aromatic nitrogens is 3. The molecule has 266 valence electrons. The number of nitrogens with zero attached hydrogens (tertiary/aromatic N) is 3. The summed E-state index contributed by atoms with van der Waals surface area (Å²) < 4.78 is 121. The Hall–Kier alpha value is -7.62. The molecule has 0 radical (unpaired) electrons. The minimum atomic E-state index is -0.765.